The maximum absolute atomic E-state index is 10.6. The fourth-order valence-electron chi connectivity index (χ4n) is 5.10. The predicted octanol–water partition coefficient (Wildman–Crippen LogP) is 4.87. The molecule has 3 rings (SSSR count). The summed E-state index contributed by atoms with van der Waals surface area (Å²) in [5.74, 6) is 2.47. The van der Waals surface area contributed by atoms with Gasteiger partial charge in [-0.3, -0.25) is 4.79 Å². The van der Waals surface area contributed by atoms with E-state index in [0.29, 0.717) is 5.92 Å². The van der Waals surface area contributed by atoms with Crippen LogP contribution in [0.15, 0.2) is 30.4 Å². The zero-order chi connectivity index (χ0) is 18.5. The molecule has 2 aliphatic carbocycles. The van der Waals surface area contributed by atoms with Crippen LogP contribution in [-0.4, -0.2) is 17.6 Å². The lowest BCUT2D eigenvalue weighted by Gasteiger charge is -2.29. The number of aliphatic carboxylic acids is 1. The number of unbranched alkanes of at least 4 members (excludes halogenated alkanes) is 1. The number of fused-ring (bicyclic) bond motifs is 2. The molecular formula is C23H33NO2. The minimum atomic E-state index is -0.688. The highest BCUT2D eigenvalue weighted by Crippen LogP contribution is 2.52. The second kappa shape index (κ2) is 8.85. The molecule has 0 saturated heterocycles. The number of hydrogen-bond donors (Lipinski definition) is 2. The van der Waals surface area contributed by atoms with Gasteiger partial charge in [0.1, 0.15) is 0 Å². The molecule has 26 heavy (non-hydrogen) atoms. The van der Waals surface area contributed by atoms with Gasteiger partial charge in [0.2, 0.25) is 0 Å². The van der Waals surface area contributed by atoms with E-state index in [0.717, 1.165) is 43.7 Å². The van der Waals surface area contributed by atoms with Crippen LogP contribution >= 0.6 is 0 Å². The van der Waals surface area contributed by atoms with Crippen molar-refractivity contribution < 1.29 is 9.90 Å². The molecule has 3 heteroatoms. The van der Waals surface area contributed by atoms with Gasteiger partial charge in [-0.2, -0.15) is 0 Å². The summed E-state index contributed by atoms with van der Waals surface area (Å²) in [6.45, 7) is 6.39. The molecule has 0 unspecified atom stereocenters. The molecule has 4 atom stereocenters. The minimum absolute atomic E-state index is 0.280. The predicted molar refractivity (Wildman–Crippen MR) is 106 cm³/mol. The van der Waals surface area contributed by atoms with Gasteiger partial charge in [0.05, 0.1) is 0 Å². The van der Waals surface area contributed by atoms with Gasteiger partial charge in [-0.25, -0.2) is 0 Å². The Morgan fingerprint density at radius 2 is 2.08 bits per heavy atom. The number of rotatable bonds is 9. The van der Waals surface area contributed by atoms with Crippen molar-refractivity contribution in [3.8, 4) is 0 Å². The number of hydrogen-bond acceptors (Lipinski definition) is 2. The normalized spacial score (nSPS) is 27.5. The van der Waals surface area contributed by atoms with E-state index < -0.39 is 5.97 Å². The first-order valence-corrected chi connectivity index (χ1v) is 10.2. The van der Waals surface area contributed by atoms with E-state index in [-0.39, 0.29) is 6.42 Å². The number of carboxylic acid groups (broad SMARTS) is 1. The summed E-state index contributed by atoms with van der Waals surface area (Å²) >= 11 is 0. The Balaban J connectivity index is 1.50. The average molecular weight is 356 g/mol. The maximum Gasteiger partial charge on any atom is 0.303 e. The minimum Gasteiger partial charge on any atom is -0.481 e. The third kappa shape index (κ3) is 4.76. The molecule has 0 amide bonds. The average Bonchev–Trinajstić information content (AvgIpc) is 3.18. The molecule has 2 saturated carbocycles. The van der Waals surface area contributed by atoms with Crippen LogP contribution in [0.3, 0.4) is 0 Å². The van der Waals surface area contributed by atoms with Crippen molar-refractivity contribution in [3.05, 3.63) is 47.0 Å². The number of allylic oxidation sites excluding steroid dienone is 2. The second-order valence-corrected chi connectivity index (χ2v) is 8.35. The number of benzene rings is 1. The van der Waals surface area contributed by atoms with Crippen LogP contribution in [0.25, 0.3) is 0 Å². The molecule has 0 heterocycles. The lowest BCUT2D eigenvalue weighted by atomic mass is 9.79. The lowest BCUT2D eigenvalue weighted by Crippen LogP contribution is -2.31. The maximum atomic E-state index is 10.6. The van der Waals surface area contributed by atoms with Crippen molar-refractivity contribution in [2.24, 2.45) is 23.7 Å². The lowest BCUT2D eigenvalue weighted by molar-refractivity contribution is -0.137. The molecule has 142 valence electrons. The fraction of sp³-hybridized carbons (Fsp3) is 0.609. The Kier molecular flexibility index (Phi) is 6.53. The molecule has 3 nitrogen and oxygen atoms in total. The van der Waals surface area contributed by atoms with Crippen molar-refractivity contribution in [2.75, 3.05) is 6.54 Å². The van der Waals surface area contributed by atoms with Crippen LogP contribution in [0.1, 0.15) is 55.2 Å². The highest BCUT2D eigenvalue weighted by atomic mass is 16.4. The zero-order valence-electron chi connectivity index (χ0n) is 16.2. The highest BCUT2D eigenvalue weighted by Gasteiger charge is 2.45. The quantitative estimate of drug-likeness (QED) is 0.491. The van der Waals surface area contributed by atoms with Gasteiger partial charge >= 0.3 is 5.97 Å². The van der Waals surface area contributed by atoms with Crippen molar-refractivity contribution in [1.82, 2.24) is 5.32 Å². The molecule has 0 spiro atoms. The summed E-state index contributed by atoms with van der Waals surface area (Å²) in [5.41, 5.74) is 4.10. The molecule has 0 aliphatic heterocycles. The fourth-order valence-corrected chi connectivity index (χ4v) is 5.10. The molecular weight excluding hydrogens is 322 g/mol. The largest absolute Gasteiger partial charge is 0.481 e. The molecule has 1 aromatic carbocycles. The molecule has 2 aliphatic rings. The smallest absolute Gasteiger partial charge is 0.303 e. The van der Waals surface area contributed by atoms with Crippen molar-refractivity contribution in [3.63, 3.8) is 0 Å². The number of carboxylic acids is 1. The van der Waals surface area contributed by atoms with Crippen molar-refractivity contribution >= 4 is 5.97 Å². The van der Waals surface area contributed by atoms with E-state index in [1.807, 2.05) is 0 Å². The van der Waals surface area contributed by atoms with Gasteiger partial charge in [0.15, 0.2) is 0 Å². The third-order valence-electron chi connectivity index (χ3n) is 6.47. The first kappa shape index (κ1) is 19.2. The van der Waals surface area contributed by atoms with E-state index in [4.69, 9.17) is 5.11 Å². The van der Waals surface area contributed by atoms with Gasteiger partial charge in [-0.1, -0.05) is 35.9 Å². The number of aryl methyl sites for hydroxylation is 2. The SMILES string of the molecule is Cc1ccc(CNC[C@H]2[C@H]3CC[C@H](C3)[C@@H]2/C=C\CCCC(=O)O)c(C)c1. The van der Waals surface area contributed by atoms with Crippen LogP contribution in [0.5, 0.6) is 0 Å². The summed E-state index contributed by atoms with van der Waals surface area (Å²) in [6, 6.07) is 6.71. The van der Waals surface area contributed by atoms with Crippen LogP contribution in [0.2, 0.25) is 0 Å². The Morgan fingerprint density at radius 3 is 2.85 bits per heavy atom. The Labute approximate surface area is 157 Å². The second-order valence-electron chi connectivity index (χ2n) is 8.35. The van der Waals surface area contributed by atoms with Gasteiger partial charge in [0, 0.05) is 13.0 Å². The summed E-state index contributed by atoms with van der Waals surface area (Å²) in [6.07, 6.45) is 10.7. The van der Waals surface area contributed by atoms with Crippen molar-refractivity contribution in [2.45, 2.75) is 58.9 Å². The van der Waals surface area contributed by atoms with Gasteiger partial charge in [-0.15, -0.1) is 0 Å². The Bertz CT molecular complexity index is 652. The van der Waals surface area contributed by atoms with Crippen LogP contribution < -0.4 is 5.32 Å². The van der Waals surface area contributed by atoms with Crippen molar-refractivity contribution in [1.29, 1.82) is 0 Å². The molecule has 2 fully saturated rings. The summed E-state index contributed by atoms with van der Waals surface area (Å²) in [5, 5.41) is 12.5. The first-order valence-electron chi connectivity index (χ1n) is 10.2. The third-order valence-corrected chi connectivity index (χ3v) is 6.47. The van der Waals surface area contributed by atoms with Crippen LogP contribution in [0, 0.1) is 37.5 Å². The van der Waals surface area contributed by atoms with E-state index in [9.17, 15) is 4.79 Å². The summed E-state index contributed by atoms with van der Waals surface area (Å²) in [4.78, 5) is 10.6. The summed E-state index contributed by atoms with van der Waals surface area (Å²) in [7, 11) is 0. The van der Waals surface area contributed by atoms with E-state index in [1.165, 1.54) is 36.0 Å². The molecule has 2 bridgehead atoms. The zero-order valence-corrected chi connectivity index (χ0v) is 16.2. The monoisotopic (exact) mass is 355 g/mol. The van der Waals surface area contributed by atoms with Gasteiger partial charge in [0.25, 0.3) is 0 Å². The number of carbonyl (C=O) groups is 1. The standard InChI is InChI=1S/C23H33NO2/c1-16-8-9-20(17(2)12-16)14-24-15-22-19-11-10-18(13-19)21(22)6-4-3-5-7-23(25)26/h4,6,8-9,12,18-19,21-22,24H,3,5,7,10-11,13-15H2,1-2H3,(H,25,26)/b6-4-/t18-,19+,21+,22+/m1/s1. The van der Waals surface area contributed by atoms with E-state index >= 15 is 0 Å². The molecule has 0 aromatic heterocycles. The van der Waals surface area contributed by atoms with E-state index in [1.54, 1.807) is 0 Å². The molecule has 2 N–H and O–H groups in total. The van der Waals surface area contributed by atoms with Gasteiger partial charge in [-0.05, 0) is 87.3 Å². The highest BCUT2D eigenvalue weighted by molar-refractivity contribution is 5.66. The topological polar surface area (TPSA) is 49.3 Å². The van der Waals surface area contributed by atoms with Crippen LogP contribution in [-0.2, 0) is 11.3 Å². The first-order chi connectivity index (χ1) is 12.5. The van der Waals surface area contributed by atoms with Crippen LogP contribution in [0.4, 0.5) is 0 Å². The van der Waals surface area contributed by atoms with E-state index in [2.05, 4.69) is 49.5 Å². The molecule has 0 radical (unpaired) electrons. The number of nitrogens with one attached hydrogen (secondary N) is 1. The van der Waals surface area contributed by atoms with Gasteiger partial charge < -0.3 is 10.4 Å². The Morgan fingerprint density at radius 1 is 1.27 bits per heavy atom. The molecule has 1 aromatic rings. The summed E-state index contributed by atoms with van der Waals surface area (Å²) < 4.78 is 0. The Hall–Kier alpha value is -1.61.